The lowest BCUT2D eigenvalue weighted by Gasteiger charge is -2.09. The van der Waals surface area contributed by atoms with Crippen LogP contribution in [-0.4, -0.2) is 21.6 Å². The first kappa shape index (κ1) is 18.9. The van der Waals surface area contributed by atoms with Gasteiger partial charge in [0.15, 0.2) is 0 Å². The summed E-state index contributed by atoms with van der Waals surface area (Å²) < 4.78 is 0. The second-order valence-electron chi connectivity index (χ2n) is 5.61. The standard InChI is InChI=1S/C18H20N4O4/c1-3-6-18(24)19-13-9-10-17(23)14(11-13)12(2)20-21-15-7-4-5-8-16(15)22(25)26/h4-5,7-11,21,23H,3,6H2,1-2H3,(H,19,24)/b20-12+. The van der Waals surface area contributed by atoms with E-state index >= 15 is 0 Å². The Morgan fingerprint density at radius 1 is 1.27 bits per heavy atom. The van der Waals surface area contributed by atoms with Gasteiger partial charge in [-0.2, -0.15) is 5.10 Å². The third kappa shape index (κ3) is 4.79. The van der Waals surface area contributed by atoms with Gasteiger partial charge in [-0.1, -0.05) is 19.1 Å². The SMILES string of the molecule is CCCC(=O)Nc1ccc(O)c(/C(C)=N/Nc2ccccc2[N+](=O)[O-])c1. The first-order valence-corrected chi connectivity index (χ1v) is 8.09. The van der Waals surface area contributed by atoms with Gasteiger partial charge in [0, 0.05) is 23.7 Å². The Morgan fingerprint density at radius 2 is 2.00 bits per heavy atom. The molecule has 0 bridgehead atoms. The molecule has 26 heavy (non-hydrogen) atoms. The highest BCUT2D eigenvalue weighted by molar-refractivity contribution is 6.03. The van der Waals surface area contributed by atoms with Crippen LogP contribution >= 0.6 is 0 Å². The summed E-state index contributed by atoms with van der Waals surface area (Å²) in [6, 6.07) is 10.8. The number of rotatable bonds is 7. The number of carbonyl (C=O) groups is 1. The van der Waals surface area contributed by atoms with Crippen molar-refractivity contribution in [3.63, 3.8) is 0 Å². The summed E-state index contributed by atoms with van der Waals surface area (Å²) in [6.07, 6.45) is 1.14. The Balaban J connectivity index is 2.23. The number of nitro benzene ring substituents is 1. The fraction of sp³-hybridized carbons (Fsp3) is 0.222. The van der Waals surface area contributed by atoms with Crippen molar-refractivity contribution in [1.82, 2.24) is 0 Å². The highest BCUT2D eigenvalue weighted by Gasteiger charge is 2.12. The summed E-state index contributed by atoms with van der Waals surface area (Å²) in [5.74, 6) is -0.124. The van der Waals surface area contributed by atoms with Crippen LogP contribution in [-0.2, 0) is 4.79 Å². The lowest BCUT2D eigenvalue weighted by atomic mass is 10.1. The van der Waals surface area contributed by atoms with Crippen LogP contribution in [0.4, 0.5) is 17.1 Å². The van der Waals surface area contributed by atoms with E-state index in [-0.39, 0.29) is 23.0 Å². The number of hydrogen-bond donors (Lipinski definition) is 3. The zero-order valence-corrected chi connectivity index (χ0v) is 14.5. The average Bonchev–Trinajstić information content (AvgIpc) is 2.61. The molecular formula is C18H20N4O4. The lowest BCUT2D eigenvalue weighted by Crippen LogP contribution is -2.11. The number of nitro groups is 1. The molecule has 2 rings (SSSR count). The summed E-state index contributed by atoms with van der Waals surface area (Å²) in [7, 11) is 0. The number of phenols is 1. The Labute approximate surface area is 150 Å². The van der Waals surface area contributed by atoms with Crippen molar-refractivity contribution in [3.8, 4) is 5.75 Å². The quantitative estimate of drug-likeness (QED) is 0.301. The van der Waals surface area contributed by atoms with Crippen LogP contribution < -0.4 is 10.7 Å². The van der Waals surface area contributed by atoms with E-state index in [0.717, 1.165) is 6.42 Å². The Hall–Kier alpha value is -3.42. The van der Waals surface area contributed by atoms with E-state index in [1.165, 1.54) is 18.2 Å². The van der Waals surface area contributed by atoms with Gasteiger partial charge in [0.2, 0.25) is 5.91 Å². The van der Waals surface area contributed by atoms with Gasteiger partial charge in [-0.25, -0.2) is 0 Å². The number of phenolic OH excluding ortho intramolecular Hbond substituents is 1. The van der Waals surface area contributed by atoms with Crippen molar-refractivity contribution >= 4 is 28.7 Å². The van der Waals surface area contributed by atoms with Crippen LogP contribution in [0.3, 0.4) is 0 Å². The van der Waals surface area contributed by atoms with E-state index in [1.54, 1.807) is 31.2 Å². The summed E-state index contributed by atoms with van der Waals surface area (Å²) in [5.41, 5.74) is 4.14. The molecule has 136 valence electrons. The number of para-hydroxylation sites is 2. The van der Waals surface area contributed by atoms with Crippen molar-refractivity contribution in [2.75, 3.05) is 10.7 Å². The molecule has 0 aliphatic carbocycles. The zero-order valence-electron chi connectivity index (χ0n) is 14.5. The maximum Gasteiger partial charge on any atom is 0.294 e. The number of anilines is 2. The van der Waals surface area contributed by atoms with Gasteiger partial charge < -0.3 is 10.4 Å². The summed E-state index contributed by atoms with van der Waals surface area (Å²) in [6.45, 7) is 3.56. The molecule has 0 aliphatic heterocycles. The molecule has 8 heteroatoms. The topological polar surface area (TPSA) is 117 Å². The number of aromatic hydroxyl groups is 1. The Morgan fingerprint density at radius 3 is 2.69 bits per heavy atom. The van der Waals surface area contributed by atoms with E-state index in [4.69, 9.17) is 0 Å². The van der Waals surface area contributed by atoms with Gasteiger partial charge in [0.25, 0.3) is 5.69 Å². The van der Waals surface area contributed by atoms with Gasteiger partial charge in [-0.3, -0.25) is 20.3 Å². The monoisotopic (exact) mass is 356 g/mol. The van der Waals surface area contributed by atoms with E-state index in [9.17, 15) is 20.0 Å². The number of nitrogens with zero attached hydrogens (tertiary/aromatic N) is 2. The van der Waals surface area contributed by atoms with Crippen LogP contribution in [0.25, 0.3) is 0 Å². The van der Waals surface area contributed by atoms with Crippen LogP contribution in [0.2, 0.25) is 0 Å². The van der Waals surface area contributed by atoms with E-state index in [2.05, 4.69) is 15.8 Å². The largest absolute Gasteiger partial charge is 0.507 e. The van der Waals surface area contributed by atoms with Gasteiger partial charge in [-0.15, -0.1) is 0 Å². The maximum absolute atomic E-state index is 11.7. The molecule has 2 aromatic rings. The van der Waals surface area contributed by atoms with Crippen LogP contribution in [0.5, 0.6) is 5.75 Å². The molecule has 0 saturated heterocycles. The molecule has 0 radical (unpaired) electrons. The third-order valence-electron chi connectivity index (χ3n) is 3.59. The first-order valence-electron chi connectivity index (χ1n) is 8.09. The average molecular weight is 356 g/mol. The predicted molar refractivity (Wildman–Crippen MR) is 101 cm³/mol. The van der Waals surface area contributed by atoms with Crippen molar-refractivity contribution < 1.29 is 14.8 Å². The Kier molecular flexibility index (Phi) is 6.26. The minimum atomic E-state index is -0.505. The zero-order chi connectivity index (χ0) is 19.1. The van der Waals surface area contributed by atoms with Crippen molar-refractivity contribution in [3.05, 3.63) is 58.1 Å². The fourth-order valence-electron chi connectivity index (χ4n) is 2.29. The van der Waals surface area contributed by atoms with E-state index in [0.29, 0.717) is 23.4 Å². The highest BCUT2D eigenvalue weighted by Crippen LogP contribution is 2.25. The van der Waals surface area contributed by atoms with Crippen molar-refractivity contribution in [2.24, 2.45) is 5.10 Å². The van der Waals surface area contributed by atoms with Crippen LogP contribution in [0.15, 0.2) is 47.6 Å². The molecule has 0 spiro atoms. The molecule has 0 heterocycles. The van der Waals surface area contributed by atoms with Gasteiger partial charge >= 0.3 is 0 Å². The second kappa shape index (κ2) is 8.61. The molecule has 0 saturated carbocycles. The number of amides is 1. The number of hydrogen-bond acceptors (Lipinski definition) is 6. The molecule has 8 nitrogen and oxygen atoms in total. The molecular weight excluding hydrogens is 336 g/mol. The maximum atomic E-state index is 11.7. The molecule has 0 aromatic heterocycles. The Bertz CT molecular complexity index is 849. The van der Waals surface area contributed by atoms with Crippen LogP contribution in [0, 0.1) is 10.1 Å². The fourth-order valence-corrected chi connectivity index (χ4v) is 2.29. The molecule has 0 unspecified atom stereocenters. The molecule has 1 amide bonds. The van der Waals surface area contributed by atoms with Crippen LogP contribution in [0.1, 0.15) is 32.3 Å². The number of carbonyl (C=O) groups excluding carboxylic acids is 1. The molecule has 0 atom stereocenters. The van der Waals surface area contributed by atoms with E-state index < -0.39 is 4.92 Å². The first-order chi connectivity index (χ1) is 12.4. The summed E-state index contributed by atoms with van der Waals surface area (Å²) >= 11 is 0. The van der Waals surface area contributed by atoms with Crippen molar-refractivity contribution in [2.45, 2.75) is 26.7 Å². The summed E-state index contributed by atoms with van der Waals surface area (Å²) in [4.78, 5) is 22.2. The second-order valence-corrected chi connectivity index (χ2v) is 5.61. The molecule has 0 aliphatic rings. The van der Waals surface area contributed by atoms with Gasteiger partial charge in [-0.05, 0) is 37.6 Å². The molecule has 2 aromatic carbocycles. The normalized spacial score (nSPS) is 11.1. The number of nitrogens with one attached hydrogen (secondary N) is 2. The highest BCUT2D eigenvalue weighted by atomic mass is 16.6. The lowest BCUT2D eigenvalue weighted by molar-refractivity contribution is -0.384. The van der Waals surface area contributed by atoms with Gasteiger partial charge in [0.1, 0.15) is 11.4 Å². The number of benzene rings is 2. The smallest absolute Gasteiger partial charge is 0.294 e. The third-order valence-corrected chi connectivity index (χ3v) is 3.59. The predicted octanol–water partition coefficient (Wildman–Crippen LogP) is 3.88. The molecule has 3 N–H and O–H groups in total. The van der Waals surface area contributed by atoms with Gasteiger partial charge in [0.05, 0.1) is 10.6 Å². The summed E-state index contributed by atoms with van der Waals surface area (Å²) in [5, 5.41) is 27.9. The molecule has 0 fully saturated rings. The minimum absolute atomic E-state index is 0.0101. The van der Waals surface area contributed by atoms with Crippen molar-refractivity contribution in [1.29, 1.82) is 0 Å². The minimum Gasteiger partial charge on any atom is -0.507 e. The number of hydrazone groups is 1. The van der Waals surface area contributed by atoms with E-state index in [1.807, 2.05) is 6.92 Å².